The highest BCUT2D eigenvalue weighted by atomic mass is 19.1. The maximum absolute atomic E-state index is 13.7. The predicted molar refractivity (Wildman–Crippen MR) is 144 cm³/mol. The second-order valence-corrected chi connectivity index (χ2v) is 9.94. The van der Waals surface area contributed by atoms with Crippen LogP contribution >= 0.6 is 0 Å². The average molecular weight is 542 g/mol. The number of aliphatic hydroxyl groups is 2. The van der Waals surface area contributed by atoms with Gasteiger partial charge < -0.3 is 25.0 Å². The van der Waals surface area contributed by atoms with Gasteiger partial charge in [0, 0.05) is 24.8 Å². The third-order valence-corrected chi connectivity index (χ3v) is 6.44. The number of rotatable bonds is 13. The molecule has 10 heteroatoms. The number of carbonyl (C=O) groups is 2. The van der Waals surface area contributed by atoms with Crippen LogP contribution in [0.15, 0.2) is 48.5 Å². The van der Waals surface area contributed by atoms with E-state index in [0.717, 1.165) is 5.56 Å². The maximum atomic E-state index is 13.7. The topological polar surface area (TPSA) is 125 Å². The van der Waals surface area contributed by atoms with Crippen LogP contribution in [0.3, 0.4) is 0 Å². The van der Waals surface area contributed by atoms with Gasteiger partial charge in [0.2, 0.25) is 0 Å². The largest absolute Gasteiger partial charge is 0.497 e. The molecule has 0 saturated carbocycles. The lowest BCUT2D eigenvalue weighted by atomic mass is 9.95. The molecule has 1 aromatic heterocycles. The minimum atomic E-state index is -1.17. The standard InChI is InChI=1S/C29H36FN3O6/c1-18(2)27-25(13-12-22(34)15-23(35)16-26(36)37)33(21-10-8-20(30)9-11-21)31-28(27)29(38)32(3)17-19-6-5-7-24(14-19)39-4/h5-11,14,18,22-23,34-35H,12-13,15-17H2,1-4H3,(H,36,37)/t22-,23-/m1/s1. The fourth-order valence-corrected chi connectivity index (χ4v) is 4.58. The molecule has 1 amide bonds. The minimum Gasteiger partial charge on any atom is -0.497 e. The number of hydrogen-bond acceptors (Lipinski definition) is 6. The Morgan fingerprint density at radius 3 is 2.41 bits per heavy atom. The van der Waals surface area contributed by atoms with Gasteiger partial charge in [-0.15, -0.1) is 0 Å². The Hall–Kier alpha value is -3.76. The number of methoxy groups -OCH3 is 1. The van der Waals surface area contributed by atoms with Crippen LogP contribution in [0, 0.1) is 5.82 Å². The van der Waals surface area contributed by atoms with E-state index in [-0.39, 0.29) is 30.4 Å². The lowest BCUT2D eigenvalue weighted by Gasteiger charge is -2.19. The molecule has 0 fully saturated rings. The lowest BCUT2D eigenvalue weighted by molar-refractivity contribution is -0.139. The molecular formula is C29H36FN3O6. The Bertz CT molecular complexity index is 1270. The van der Waals surface area contributed by atoms with Crippen molar-refractivity contribution in [1.82, 2.24) is 14.7 Å². The van der Waals surface area contributed by atoms with Gasteiger partial charge in [-0.25, -0.2) is 9.07 Å². The molecule has 9 nitrogen and oxygen atoms in total. The number of hydrogen-bond donors (Lipinski definition) is 3. The van der Waals surface area contributed by atoms with Crippen molar-refractivity contribution in [1.29, 1.82) is 0 Å². The van der Waals surface area contributed by atoms with E-state index in [4.69, 9.17) is 9.84 Å². The molecule has 0 unspecified atom stereocenters. The molecule has 39 heavy (non-hydrogen) atoms. The average Bonchev–Trinajstić information content (AvgIpc) is 3.26. The number of benzene rings is 2. The molecule has 3 aromatic rings. The van der Waals surface area contributed by atoms with E-state index in [1.54, 1.807) is 35.9 Å². The zero-order valence-electron chi connectivity index (χ0n) is 22.7. The quantitative estimate of drug-likeness (QED) is 0.299. The number of carboxylic acid groups (broad SMARTS) is 1. The van der Waals surface area contributed by atoms with Gasteiger partial charge in [-0.3, -0.25) is 9.59 Å². The van der Waals surface area contributed by atoms with Crippen molar-refractivity contribution in [3.63, 3.8) is 0 Å². The summed E-state index contributed by atoms with van der Waals surface area (Å²) in [5, 5.41) is 34.0. The molecule has 0 saturated heterocycles. The number of carboxylic acids is 1. The van der Waals surface area contributed by atoms with Gasteiger partial charge in [0.25, 0.3) is 5.91 Å². The van der Waals surface area contributed by atoms with Crippen LogP contribution in [0.1, 0.15) is 66.3 Å². The number of carbonyl (C=O) groups excluding carboxylic acids is 1. The molecule has 0 aliphatic carbocycles. The molecule has 210 valence electrons. The van der Waals surface area contributed by atoms with Gasteiger partial charge in [-0.1, -0.05) is 26.0 Å². The summed E-state index contributed by atoms with van der Waals surface area (Å²) >= 11 is 0. The summed E-state index contributed by atoms with van der Waals surface area (Å²) in [5.41, 5.74) is 3.09. The van der Waals surface area contributed by atoms with Gasteiger partial charge in [-0.05, 0) is 67.1 Å². The number of aliphatic hydroxyl groups excluding tert-OH is 2. The Labute approximate surface area is 227 Å². The first-order chi connectivity index (χ1) is 18.5. The fraction of sp³-hybridized carbons (Fsp3) is 0.414. The first kappa shape index (κ1) is 29.8. The third-order valence-electron chi connectivity index (χ3n) is 6.44. The third kappa shape index (κ3) is 7.87. The predicted octanol–water partition coefficient (Wildman–Crippen LogP) is 3.93. The summed E-state index contributed by atoms with van der Waals surface area (Å²) in [6, 6.07) is 13.2. The van der Waals surface area contributed by atoms with Crippen LogP contribution < -0.4 is 4.74 Å². The molecule has 1 heterocycles. The Balaban J connectivity index is 1.95. The highest BCUT2D eigenvalue weighted by Gasteiger charge is 2.28. The Morgan fingerprint density at radius 2 is 1.79 bits per heavy atom. The van der Waals surface area contributed by atoms with E-state index in [1.165, 1.54) is 12.1 Å². The summed E-state index contributed by atoms with van der Waals surface area (Å²) in [4.78, 5) is 26.1. The van der Waals surface area contributed by atoms with Crippen molar-refractivity contribution in [3.8, 4) is 11.4 Å². The summed E-state index contributed by atoms with van der Waals surface area (Å²) in [7, 11) is 3.27. The Morgan fingerprint density at radius 1 is 1.10 bits per heavy atom. The van der Waals surface area contributed by atoms with Crippen molar-refractivity contribution < 1.29 is 34.0 Å². The number of nitrogens with zero attached hydrogens (tertiary/aromatic N) is 3. The molecular weight excluding hydrogens is 505 g/mol. The molecule has 0 aliphatic heterocycles. The van der Waals surface area contributed by atoms with Crippen LogP contribution in [0.25, 0.3) is 5.69 Å². The zero-order chi connectivity index (χ0) is 28.7. The van der Waals surface area contributed by atoms with Gasteiger partial charge in [0.15, 0.2) is 5.69 Å². The van der Waals surface area contributed by atoms with Crippen molar-refractivity contribution in [2.24, 2.45) is 0 Å². The van der Waals surface area contributed by atoms with Crippen LogP contribution in [0.2, 0.25) is 0 Å². The van der Waals surface area contributed by atoms with E-state index in [2.05, 4.69) is 5.10 Å². The molecule has 2 atom stereocenters. The van der Waals surface area contributed by atoms with Crippen molar-refractivity contribution in [2.75, 3.05) is 14.2 Å². The molecule has 0 radical (unpaired) electrons. The van der Waals surface area contributed by atoms with E-state index >= 15 is 0 Å². The van der Waals surface area contributed by atoms with E-state index < -0.39 is 30.4 Å². The minimum absolute atomic E-state index is 0.0942. The molecule has 2 aromatic carbocycles. The highest BCUT2D eigenvalue weighted by molar-refractivity contribution is 5.94. The zero-order valence-corrected chi connectivity index (χ0v) is 22.7. The summed E-state index contributed by atoms with van der Waals surface area (Å²) < 4.78 is 20.6. The van der Waals surface area contributed by atoms with E-state index in [1.807, 2.05) is 38.1 Å². The fourth-order valence-electron chi connectivity index (χ4n) is 4.58. The van der Waals surface area contributed by atoms with Crippen LogP contribution in [0.5, 0.6) is 5.75 Å². The smallest absolute Gasteiger partial charge is 0.305 e. The maximum Gasteiger partial charge on any atom is 0.305 e. The van der Waals surface area contributed by atoms with Crippen LogP contribution in [-0.4, -0.2) is 68.2 Å². The first-order valence-electron chi connectivity index (χ1n) is 12.8. The molecule has 3 rings (SSSR count). The van der Waals surface area contributed by atoms with Crippen molar-refractivity contribution in [2.45, 2.75) is 64.2 Å². The van der Waals surface area contributed by atoms with E-state index in [9.17, 15) is 24.2 Å². The second kappa shape index (κ2) is 13.3. The van der Waals surface area contributed by atoms with Crippen molar-refractivity contribution >= 4 is 11.9 Å². The highest BCUT2D eigenvalue weighted by Crippen LogP contribution is 2.29. The van der Waals surface area contributed by atoms with Gasteiger partial charge in [0.1, 0.15) is 11.6 Å². The number of aromatic nitrogens is 2. The van der Waals surface area contributed by atoms with Crippen molar-refractivity contribution in [3.05, 3.63) is 76.9 Å². The number of aliphatic carboxylic acids is 1. The number of ether oxygens (including phenoxy) is 1. The molecule has 0 spiro atoms. The van der Waals surface area contributed by atoms with Gasteiger partial charge >= 0.3 is 5.97 Å². The number of halogens is 1. The SMILES string of the molecule is COc1cccc(CN(C)C(=O)c2nn(-c3ccc(F)cc3)c(CC[C@@H](O)C[C@@H](O)CC(=O)O)c2C(C)C)c1. The second-order valence-electron chi connectivity index (χ2n) is 9.94. The molecule has 3 N–H and O–H groups in total. The van der Waals surface area contributed by atoms with Crippen LogP contribution in [-0.2, 0) is 17.8 Å². The van der Waals surface area contributed by atoms with Crippen LogP contribution in [0.4, 0.5) is 4.39 Å². The molecule has 0 bridgehead atoms. The normalized spacial score (nSPS) is 12.8. The first-order valence-corrected chi connectivity index (χ1v) is 12.8. The Kier molecular flexibility index (Phi) is 10.2. The summed E-state index contributed by atoms with van der Waals surface area (Å²) in [5.74, 6) is -1.26. The monoisotopic (exact) mass is 541 g/mol. The summed E-state index contributed by atoms with van der Waals surface area (Å²) in [6.45, 7) is 4.22. The van der Waals surface area contributed by atoms with E-state index in [0.29, 0.717) is 35.7 Å². The van der Waals surface area contributed by atoms with Gasteiger partial charge in [-0.2, -0.15) is 5.10 Å². The molecule has 0 aliphatic rings. The summed E-state index contributed by atoms with van der Waals surface area (Å²) in [6.07, 6.45) is -2.19. The van der Waals surface area contributed by atoms with Gasteiger partial charge in [0.05, 0.1) is 31.4 Å². The number of amides is 1. The lowest BCUT2D eigenvalue weighted by Crippen LogP contribution is -2.27.